The minimum atomic E-state index is -3.31. The van der Waals surface area contributed by atoms with Crippen LogP contribution in [0.15, 0.2) is 16.9 Å². The Morgan fingerprint density at radius 1 is 1.29 bits per heavy atom. The quantitative estimate of drug-likeness (QED) is 0.804. The zero-order valence-corrected chi connectivity index (χ0v) is 14.7. The van der Waals surface area contributed by atoms with Crippen LogP contribution in [0.1, 0.15) is 35.7 Å². The van der Waals surface area contributed by atoms with Gasteiger partial charge in [0, 0.05) is 30.6 Å². The molecule has 2 aromatic rings. The van der Waals surface area contributed by atoms with E-state index in [1.807, 2.05) is 0 Å². The molecule has 4 rings (SSSR count). The zero-order valence-electron chi connectivity index (χ0n) is 14.7. The number of aromatic nitrogens is 1. The van der Waals surface area contributed by atoms with Gasteiger partial charge in [0.2, 0.25) is 11.3 Å². The maximum Gasteiger partial charge on any atom is 0.388 e. The van der Waals surface area contributed by atoms with Crippen molar-refractivity contribution in [3.8, 4) is 5.88 Å². The highest BCUT2D eigenvalue weighted by molar-refractivity contribution is 5.96. The maximum atomic E-state index is 14.7. The number of nitrogens with two attached hydrogens (primary N) is 1. The molecule has 28 heavy (non-hydrogen) atoms. The van der Waals surface area contributed by atoms with Gasteiger partial charge in [-0.2, -0.15) is 8.78 Å². The average molecular weight is 397 g/mol. The molecule has 1 aromatic heterocycles. The lowest BCUT2D eigenvalue weighted by molar-refractivity contribution is -0.0558. The fraction of sp³-hybridized carbons (Fsp3) is 0.444. The van der Waals surface area contributed by atoms with E-state index in [1.54, 1.807) is 4.90 Å². The van der Waals surface area contributed by atoms with Crippen molar-refractivity contribution in [3.63, 3.8) is 0 Å². The van der Waals surface area contributed by atoms with Gasteiger partial charge in [-0.1, -0.05) is 0 Å². The monoisotopic (exact) mass is 397 g/mol. The van der Waals surface area contributed by atoms with Crippen LogP contribution in [0.4, 0.5) is 18.9 Å². The predicted molar refractivity (Wildman–Crippen MR) is 94.8 cm³/mol. The Kier molecular flexibility index (Phi) is 4.45. The summed E-state index contributed by atoms with van der Waals surface area (Å²) < 4.78 is 46.4. The van der Waals surface area contributed by atoms with Crippen molar-refractivity contribution in [1.82, 2.24) is 4.57 Å². The molecule has 150 valence electrons. The van der Waals surface area contributed by atoms with Crippen LogP contribution < -0.4 is 20.8 Å². The molecule has 3 N–H and O–H groups in total. The van der Waals surface area contributed by atoms with Crippen molar-refractivity contribution in [3.05, 3.63) is 33.7 Å². The number of anilines is 1. The second kappa shape index (κ2) is 6.69. The lowest BCUT2D eigenvalue weighted by Gasteiger charge is -2.22. The van der Waals surface area contributed by atoms with E-state index in [2.05, 4.69) is 4.74 Å². The number of rotatable bonds is 5. The van der Waals surface area contributed by atoms with Crippen molar-refractivity contribution < 1.29 is 27.8 Å². The molecule has 1 aliphatic heterocycles. The first kappa shape index (κ1) is 18.6. The smallest absolute Gasteiger partial charge is 0.388 e. The van der Waals surface area contributed by atoms with Crippen LogP contribution in [0.2, 0.25) is 0 Å². The first-order valence-corrected chi connectivity index (χ1v) is 8.88. The van der Waals surface area contributed by atoms with E-state index in [4.69, 9.17) is 5.73 Å². The van der Waals surface area contributed by atoms with Gasteiger partial charge < -0.3 is 25.0 Å². The molecule has 1 unspecified atom stereocenters. The van der Waals surface area contributed by atoms with Crippen LogP contribution in [0.3, 0.4) is 0 Å². The molecule has 2 aliphatic rings. The van der Waals surface area contributed by atoms with E-state index in [0.29, 0.717) is 32.4 Å². The Morgan fingerprint density at radius 2 is 2.00 bits per heavy atom. The third kappa shape index (κ3) is 3.07. The number of pyridine rings is 1. The highest BCUT2D eigenvalue weighted by Gasteiger charge is 2.34. The van der Waals surface area contributed by atoms with Gasteiger partial charge in [0.15, 0.2) is 5.56 Å². The van der Waals surface area contributed by atoms with Crippen LogP contribution >= 0.6 is 0 Å². The molecule has 1 aromatic carbocycles. The summed E-state index contributed by atoms with van der Waals surface area (Å²) in [5, 5.41) is 9.23. The summed E-state index contributed by atoms with van der Waals surface area (Å²) in [5.41, 5.74) is 4.27. The molecule has 0 bridgehead atoms. The fourth-order valence-electron chi connectivity index (χ4n) is 3.73. The topological polar surface area (TPSA) is 97.8 Å². The SMILES string of the molecule is NC1CCN(c2cc3c(cc2F)c(=O)c(C(=O)O)c(OC(F)F)n3C2CC2)C1. The van der Waals surface area contributed by atoms with Crippen LogP contribution in [0.25, 0.3) is 10.9 Å². The number of fused-ring (bicyclic) bond motifs is 1. The lowest BCUT2D eigenvalue weighted by atomic mass is 10.1. The molecule has 0 amide bonds. The van der Waals surface area contributed by atoms with Gasteiger partial charge >= 0.3 is 12.6 Å². The van der Waals surface area contributed by atoms with E-state index in [1.165, 1.54) is 10.6 Å². The number of carboxylic acid groups (broad SMARTS) is 1. The Hall–Kier alpha value is -2.75. The number of alkyl halides is 2. The molecule has 0 radical (unpaired) electrons. The summed E-state index contributed by atoms with van der Waals surface area (Å²) in [6.45, 7) is -2.37. The first-order valence-electron chi connectivity index (χ1n) is 8.88. The second-order valence-corrected chi connectivity index (χ2v) is 7.11. The number of hydrogen-bond donors (Lipinski definition) is 2. The summed E-state index contributed by atoms with van der Waals surface area (Å²) in [6, 6.07) is 1.95. The Morgan fingerprint density at radius 3 is 2.54 bits per heavy atom. The number of ether oxygens (including phenoxy) is 1. The van der Waals surface area contributed by atoms with Gasteiger partial charge in [0.1, 0.15) is 5.82 Å². The number of aromatic carboxylic acids is 1. The molecule has 1 saturated carbocycles. The predicted octanol–water partition coefficient (Wildman–Crippen LogP) is 2.31. The third-order valence-corrected chi connectivity index (χ3v) is 5.12. The lowest BCUT2D eigenvalue weighted by Crippen LogP contribution is -2.27. The van der Waals surface area contributed by atoms with Gasteiger partial charge in [0.05, 0.1) is 11.2 Å². The third-order valence-electron chi connectivity index (χ3n) is 5.12. The van der Waals surface area contributed by atoms with E-state index < -0.39 is 35.3 Å². The minimum Gasteiger partial charge on any atom is -0.477 e. The van der Waals surface area contributed by atoms with E-state index in [9.17, 15) is 27.9 Å². The number of carbonyl (C=O) groups is 1. The number of nitrogens with zero attached hydrogens (tertiary/aromatic N) is 2. The van der Waals surface area contributed by atoms with E-state index >= 15 is 0 Å². The number of benzene rings is 1. The van der Waals surface area contributed by atoms with Crippen molar-refractivity contribution in [1.29, 1.82) is 0 Å². The van der Waals surface area contributed by atoms with Gasteiger partial charge in [-0.25, -0.2) is 9.18 Å². The summed E-state index contributed by atoms with van der Waals surface area (Å²) >= 11 is 0. The molecular formula is C18H18F3N3O4. The minimum absolute atomic E-state index is 0.118. The summed E-state index contributed by atoms with van der Waals surface area (Å²) in [7, 11) is 0. The highest BCUT2D eigenvalue weighted by atomic mass is 19.3. The second-order valence-electron chi connectivity index (χ2n) is 7.11. The van der Waals surface area contributed by atoms with Crippen molar-refractivity contribution in [2.75, 3.05) is 18.0 Å². The first-order chi connectivity index (χ1) is 13.3. The Bertz CT molecular complexity index is 1020. The normalized spacial score (nSPS) is 19.6. The maximum absolute atomic E-state index is 14.7. The zero-order chi connectivity index (χ0) is 20.2. The Balaban J connectivity index is 2.02. The molecule has 7 nitrogen and oxygen atoms in total. The van der Waals surface area contributed by atoms with Crippen molar-refractivity contribution >= 4 is 22.6 Å². The molecule has 1 aliphatic carbocycles. The number of hydrogen-bond acceptors (Lipinski definition) is 5. The van der Waals surface area contributed by atoms with E-state index in [-0.39, 0.29) is 28.7 Å². The molecule has 1 saturated heterocycles. The van der Waals surface area contributed by atoms with E-state index in [0.717, 1.165) is 6.07 Å². The van der Waals surface area contributed by atoms with Crippen molar-refractivity contribution in [2.24, 2.45) is 5.73 Å². The largest absolute Gasteiger partial charge is 0.477 e. The number of halogens is 3. The van der Waals surface area contributed by atoms with Crippen LogP contribution in [0.5, 0.6) is 5.88 Å². The summed E-state index contributed by atoms with van der Waals surface area (Å²) in [4.78, 5) is 26.0. The van der Waals surface area contributed by atoms with Crippen LogP contribution in [0, 0.1) is 5.82 Å². The molecular weight excluding hydrogens is 379 g/mol. The molecule has 1 atom stereocenters. The Labute approximate surface area is 157 Å². The molecule has 2 fully saturated rings. The number of carboxylic acids is 1. The fourth-order valence-corrected chi connectivity index (χ4v) is 3.73. The van der Waals surface area contributed by atoms with Gasteiger partial charge in [-0.3, -0.25) is 4.79 Å². The average Bonchev–Trinajstić information content (AvgIpc) is 3.35. The molecule has 10 heteroatoms. The highest BCUT2D eigenvalue weighted by Crippen LogP contribution is 2.42. The summed E-state index contributed by atoms with van der Waals surface area (Å²) in [6.07, 6.45) is 1.89. The molecule has 0 spiro atoms. The van der Waals surface area contributed by atoms with Gasteiger partial charge in [-0.15, -0.1) is 0 Å². The van der Waals surface area contributed by atoms with Crippen LogP contribution in [-0.2, 0) is 0 Å². The molecule has 2 heterocycles. The van der Waals surface area contributed by atoms with Crippen LogP contribution in [-0.4, -0.2) is 41.4 Å². The van der Waals surface area contributed by atoms with Crippen molar-refractivity contribution in [2.45, 2.75) is 38.0 Å². The standard InChI is InChI=1S/C18H18F3N3O4/c19-11-5-10-12(6-13(11)23-4-3-8(22)7-23)24(9-1-2-9)16(28-18(20)21)14(15(10)25)17(26)27/h5-6,8-9,18H,1-4,7,22H2,(H,26,27). The van der Waals surface area contributed by atoms with Gasteiger partial charge in [-0.05, 0) is 31.4 Å². The summed E-state index contributed by atoms with van der Waals surface area (Å²) in [5.74, 6) is -3.09. The van der Waals surface area contributed by atoms with Gasteiger partial charge in [0.25, 0.3) is 0 Å².